The molecule has 2 atom stereocenters. The molecular formula is C27H29F2N5O3. The van der Waals surface area contributed by atoms with Crippen molar-refractivity contribution in [2.45, 2.75) is 31.2 Å². The maximum Gasteiger partial charge on any atom is 0.407 e. The van der Waals surface area contributed by atoms with Crippen molar-refractivity contribution in [2.75, 3.05) is 37.6 Å². The van der Waals surface area contributed by atoms with Gasteiger partial charge in [-0.3, -0.25) is 9.36 Å². The highest BCUT2D eigenvalue weighted by molar-refractivity contribution is 5.65. The number of benzene rings is 2. The number of piperazine rings is 1. The van der Waals surface area contributed by atoms with Crippen LogP contribution >= 0.6 is 0 Å². The van der Waals surface area contributed by atoms with Crippen molar-refractivity contribution in [1.82, 2.24) is 19.8 Å². The first-order valence-corrected chi connectivity index (χ1v) is 12.5. The van der Waals surface area contributed by atoms with Gasteiger partial charge in [0.2, 0.25) is 0 Å². The van der Waals surface area contributed by atoms with Crippen molar-refractivity contribution < 1.29 is 18.7 Å². The number of nitrogens with zero attached hydrogens (tertiary/aromatic N) is 4. The molecule has 37 heavy (non-hydrogen) atoms. The molecule has 0 spiro atoms. The summed E-state index contributed by atoms with van der Waals surface area (Å²) in [5.74, 6) is 0.0567. The third-order valence-electron chi connectivity index (χ3n) is 7.00. The molecule has 10 heteroatoms. The summed E-state index contributed by atoms with van der Waals surface area (Å²) >= 11 is 0. The van der Waals surface area contributed by atoms with Gasteiger partial charge in [0.25, 0.3) is 5.56 Å². The maximum atomic E-state index is 13.5. The molecule has 1 aliphatic heterocycles. The molecule has 1 amide bonds. The molecule has 3 aromatic rings. The minimum atomic E-state index is -0.977. The van der Waals surface area contributed by atoms with Crippen molar-refractivity contribution in [3.05, 3.63) is 88.0 Å². The number of aryl methyl sites for hydroxylation is 1. The van der Waals surface area contributed by atoms with E-state index >= 15 is 0 Å². The van der Waals surface area contributed by atoms with E-state index in [0.717, 1.165) is 30.6 Å². The molecule has 8 nitrogen and oxygen atoms in total. The predicted molar refractivity (Wildman–Crippen MR) is 135 cm³/mol. The molecule has 0 unspecified atom stereocenters. The van der Waals surface area contributed by atoms with E-state index in [1.54, 1.807) is 18.3 Å². The van der Waals surface area contributed by atoms with E-state index in [2.05, 4.69) is 10.3 Å². The number of carboxylic acid groups (broad SMARTS) is 1. The lowest BCUT2D eigenvalue weighted by atomic mass is 10.1. The standard InChI is InChI=1S/C27H29F2N5O3/c28-19-5-3-18(4-6-19)23-16-24(23)30-11-1-2-21-17-34(22-9-7-20(29)8-10-22)26(35)25(31-21)32-12-14-33(15-13-32)27(36)37/h3-10,17,23-24,30H,1-2,11-16H2,(H,36,37)/t23-,24+/m0/s1. The van der Waals surface area contributed by atoms with Gasteiger partial charge >= 0.3 is 6.09 Å². The first-order chi connectivity index (χ1) is 17.9. The van der Waals surface area contributed by atoms with E-state index in [9.17, 15) is 23.5 Å². The van der Waals surface area contributed by atoms with Gasteiger partial charge in [-0.1, -0.05) is 12.1 Å². The van der Waals surface area contributed by atoms with Gasteiger partial charge in [-0.2, -0.15) is 0 Å². The average molecular weight is 510 g/mol. The number of nitrogens with one attached hydrogen (secondary N) is 1. The van der Waals surface area contributed by atoms with Crippen molar-refractivity contribution in [3.63, 3.8) is 0 Å². The number of rotatable bonds is 8. The summed E-state index contributed by atoms with van der Waals surface area (Å²) in [4.78, 5) is 32.4. The fourth-order valence-electron chi connectivity index (χ4n) is 4.81. The maximum absolute atomic E-state index is 13.5. The number of halogens is 2. The fraction of sp³-hybridized carbons (Fsp3) is 0.370. The van der Waals surface area contributed by atoms with Crippen LogP contribution in [0.5, 0.6) is 0 Å². The molecule has 2 N–H and O–H groups in total. The summed E-state index contributed by atoms with van der Waals surface area (Å²) in [6, 6.07) is 12.7. The summed E-state index contributed by atoms with van der Waals surface area (Å²) in [6.45, 7) is 2.09. The number of carbonyl (C=O) groups is 1. The SMILES string of the molecule is O=C(O)N1CCN(c2nc(CCCN[C@@H]3C[C@H]3c3ccc(F)cc3)cn(-c3ccc(F)cc3)c2=O)CC1. The Kier molecular flexibility index (Phi) is 7.18. The highest BCUT2D eigenvalue weighted by Gasteiger charge is 2.37. The van der Waals surface area contributed by atoms with Crippen LogP contribution < -0.4 is 15.8 Å². The van der Waals surface area contributed by atoms with Crippen molar-refractivity contribution in [2.24, 2.45) is 0 Å². The molecule has 1 saturated heterocycles. The van der Waals surface area contributed by atoms with Gasteiger partial charge in [0, 0.05) is 50.0 Å². The van der Waals surface area contributed by atoms with E-state index in [1.165, 1.54) is 33.7 Å². The summed E-state index contributed by atoms with van der Waals surface area (Å²) in [7, 11) is 0. The Labute approximate surface area is 213 Å². The van der Waals surface area contributed by atoms with Crippen LogP contribution in [0.3, 0.4) is 0 Å². The molecule has 194 valence electrons. The second kappa shape index (κ2) is 10.7. The van der Waals surface area contributed by atoms with Gasteiger partial charge in [0.1, 0.15) is 11.6 Å². The lowest BCUT2D eigenvalue weighted by Crippen LogP contribution is -2.50. The van der Waals surface area contributed by atoms with Crippen LogP contribution in [-0.2, 0) is 6.42 Å². The lowest BCUT2D eigenvalue weighted by Gasteiger charge is -2.33. The van der Waals surface area contributed by atoms with Crippen molar-refractivity contribution in [3.8, 4) is 5.69 Å². The number of aromatic nitrogens is 2. The van der Waals surface area contributed by atoms with Gasteiger partial charge in [0.15, 0.2) is 5.82 Å². The molecule has 2 fully saturated rings. The predicted octanol–water partition coefficient (Wildman–Crippen LogP) is 3.39. The molecular weight excluding hydrogens is 480 g/mol. The Morgan fingerprint density at radius 3 is 2.30 bits per heavy atom. The Balaban J connectivity index is 1.27. The monoisotopic (exact) mass is 509 g/mol. The Bertz CT molecular complexity index is 1310. The van der Waals surface area contributed by atoms with Gasteiger partial charge in [0.05, 0.1) is 5.69 Å². The number of amides is 1. The molecule has 5 rings (SSSR count). The highest BCUT2D eigenvalue weighted by Crippen LogP contribution is 2.40. The Morgan fingerprint density at radius 1 is 1.00 bits per heavy atom. The van der Waals surface area contributed by atoms with Gasteiger partial charge < -0.3 is 20.2 Å². The average Bonchev–Trinajstić information content (AvgIpc) is 3.68. The number of anilines is 1. The number of hydrogen-bond acceptors (Lipinski definition) is 5. The normalized spacial score (nSPS) is 19.2. The second-order valence-electron chi connectivity index (χ2n) is 9.52. The smallest absolute Gasteiger partial charge is 0.407 e. The molecule has 2 aromatic carbocycles. The quantitative estimate of drug-likeness (QED) is 0.453. The highest BCUT2D eigenvalue weighted by atomic mass is 19.1. The van der Waals surface area contributed by atoms with Crippen LogP contribution in [0.2, 0.25) is 0 Å². The van der Waals surface area contributed by atoms with Crippen LogP contribution in [0.25, 0.3) is 5.69 Å². The zero-order valence-electron chi connectivity index (χ0n) is 20.3. The van der Waals surface area contributed by atoms with E-state index in [0.29, 0.717) is 37.2 Å². The molecule has 2 aliphatic rings. The molecule has 1 aromatic heterocycles. The zero-order chi connectivity index (χ0) is 25.9. The van der Waals surface area contributed by atoms with Crippen molar-refractivity contribution >= 4 is 11.9 Å². The molecule has 2 heterocycles. The third-order valence-corrected chi connectivity index (χ3v) is 7.00. The first-order valence-electron chi connectivity index (χ1n) is 12.5. The molecule has 1 saturated carbocycles. The van der Waals surface area contributed by atoms with Gasteiger partial charge in [-0.05, 0) is 67.8 Å². The van der Waals surface area contributed by atoms with Crippen LogP contribution in [0.1, 0.15) is 30.0 Å². The van der Waals surface area contributed by atoms with E-state index in [1.807, 2.05) is 17.0 Å². The Morgan fingerprint density at radius 2 is 1.65 bits per heavy atom. The van der Waals surface area contributed by atoms with Crippen molar-refractivity contribution in [1.29, 1.82) is 0 Å². The van der Waals surface area contributed by atoms with Crippen LogP contribution in [0, 0.1) is 11.6 Å². The van der Waals surface area contributed by atoms with E-state index in [4.69, 9.17) is 0 Å². The topological polar surface area (TPSA) is 90.7 Å². The first kappa shape index (κ1) is 24.9. The minimum absolute atomic E-state index is 0.230. The van der Waals surface area contributed by atoms with E-state index < -0.39 is 6.09 Å². The van der Waals surface area contributed by atoms with Crippen LogP contribution in [0.4, 0.5) is 19.4 Å². The Hall–Kier alpha value is -3.79. The summed E-state index contributed by atoms with van der Waals surface area (Å²) in [5, 5.41) is 12.8. The van der Waals surface area contributed by atoms with E-state index in [-0.39, 0.29) is 36.1 Å². The van der Waals surface area contributed by atoms with Gasteiger partial charge in [-0.15, -0.1) is 0 Å². The second-order valence-corrected chi connectivity index (χ2v) is 9.52. The molecule has 1 aliphatic carbocycles. The summed E-state index contributed by atoms with van der Waals surface area (Å²) in [5.41, 5.74) is 2.09. The summed E-state index contributed by atoms with van der Waals surface area (Å²) < 4.78 is 28.2. The fourth-order valence-corrected chi connectivity index (χ4v) is 4.81. The number of hydrogen-bond donors (Lipinski definition) is 2. The minimum Gasteiger partial charge on any atom is -0.465 e. The zero-order valence-corrected chi connectivity index (χ0v) is 20.3. The van der Waals surface area contributed by atoms with Crippen LogP contribution in [0.15, 0.2) is 59.5 Å². The van der Waals surface area contributed by atoms with Crippen LogP contribution in [-0.4, -0.2) is 64.4 Å². The molecule has 0 bridgehead atoms. The largest absolute Gasteiger partial charge is 0.465 e. The third kappa shape index (κ3) is 5.80. The lowest BCUT2D eigenvalue weighted by molar-refractivity contribution is 0.142. The molecule has 0 radical (unpaired) electrons. The summed E-state index contributed by atoms with van der Waals surface area (Å²) in [6.07, 6.45) is 3.17. The van der Waals surface area contributed by atoms with Gasteiger partial charge in [-0.25, -0.2) is 18.6 Å².